The Morgan fingerprint density at radius 1 is 1.58 bits per heavy atom. The Hall–Kier alpha value is -1.91. The van der Waals surface area contributed by atoms with E-state index in [2.05, 4.69) is 39.4 Å². The molecule has 3 heterocycles. The highest BCUT2D eigenvalue weighted by molar-refractivity contribution is 7.99. The van der Waals surface area contributed by atoms with Crippen LogP contribution in [-0.2, 0) is 9.53 Å². The number of aromatic amines is 1. The topological polar surface area (TPSA) is 118 Å². The largest absolute Gasteiger partial charge is 0.396 e. The zero-order chi connectivity index (χ0) is 18.5. The van der Waals surface area contributed by atoms with Crippen LogP contribution in [-0.4, -0.2) is 54.9 Å². The van der Waals surface area contributed by atoms with Gasteiger partial charge in [0.25, 0.3) is 0 Å². The number of carbonyl (C=O) groups is 1. The first-order chi connectivity index (χ1) is 12.6. The molecular weight excluding hydrogens is 356 g/mol. The third kappa shape index (κ3) is 4.25. The summed E-state index contributed by atoms with van der Waals surface area (Å²) in [5.41, 5.74) is 0.914. The van der Waals surface area contributed by atoms with Crippen molar-refractivity contribution in [2.75, 3.05) is 24.3 Å². The third-order valence-electron chi connectivity index (χ3n) is 4.17. The van der Waals surface area contributed by atoms with Crippen LogP contribution in [0, 0.1) is 5.92 Å². The molecule has 26 heavy (non-hydrogen) atoms. The van der Waals surface area contributed by atoms with Crippen LogP contribution < -0.4 is 5.32 Å². The average molecular weight is 380 g/mol. The number of ether oxygens (including phenoxy) is 1. The van der Waals surface area contributed by atoms with Crippen molar-refractivity contribution in [1.29, 1.82) is 0 Å². The molecule has 1 aliphatic rings. The van der Waals surface area contributed by atoms with E-state index in [-0.39, 0.29) is 30.6 Å². The molecule has 3 rings (SSSR count). The van der Waals surface area contributed by atoms with Gasteiger partial charge in [-0.15, -0.1) is 5.10 Å². The minimum atomic E-state index is -0.334. The van der Waals surface area contributed by atoms with Gasteiger partial charge in [0.1, 0.15) is 6.10 Å². The Morgan fingerprint density at radius 2 is 2.42 bits per heavy atom. The van der Waals surface area contributed by atoms with Crippen molar-refractivity contribution in [3.63, 3.8) is 0 Å². The van der Waals surface area contributed by atoms with E-state index in [1.54, 1.807) is 6.20 Å². The number of anilines is 1. The number of aromatic nitrogens is 5. The molecule has 142 valence electrons. The fraction of sp³-hybridized carbons (Fsp3) is 0.625. The molecule has 3 N–H and O–H groups in total. The van der Waals surface area contributed by atoms with Gasteiger partial charge in [0.05, 0.1) is 18.2 Å². The summed E-state index contributed by atoms with van der Waals surface area (Å²) in [6, 6.07) is 2.10. The van der Waals surface area contributed by atoms with Crippen LogP contribution in [0.25, 0.3) is 0 Å². The molecule has 0 bridgehead atoms. The maximum absolute atomic E-state index is 12.8. The molecule has 1 fully saturated rings. The lowest BCUT2D eigenvalue weighted by Gasteiger charge is -2.31. The maximum atomic E-state index is 12.8. The highest BCUT2D eigenvalue weighted by atomic mass is 32.2. The third-order valence-corrected chi connectivity index (χ3v) is 5.00. The molecule has 10 heteroatoms. The Morgan fingerprint density at radius 3 is 3.19 bits per heavy atom. The zero-order valence-electron chi connectivity index (χ0n) is 14.9. The lowest BCUT2D eigenvalue weighted by atomic mass is 9.91. The number of H-pyrrole nitrogens is 1. The van der Waals surface area contributed by atoms with E-state index in [4.69, 9.17) is 9.84 Å². The number of amides is 1. The molecule has 1 saturated heterocycles. The second-order valence-corrected chi connectivity index (χ2v) is 7.42. The van der Waals surface area contributed by atoms with Crippen LogP contribution in [0.4, 0.5) is 5.95 Å². The Balaban J connectivity index is 1.72. The minimum Gasteiger partial charge on any atom is -0.396 e. The van der Waals surface area contributed by atoms with Gasteiger partial charge in [0.15, 0.2) is 0 Å². The van der Waals surface area contributed by atoms with Gasteiger partial charge in [-0.3, -0.25) is 14.8 Å². The molecule has 9 nitrogen and oxygen atoms in total. The van der Waals surface area contributed by atoms with Crippen LogP contribution in [0.3, 0.4) is 0 Å². The van der Waals surface area contributed by atoms with E-state index >= 15 is 0 Å². The summed E-state index contributed by atoms with van der Waals surface area (Å²) in [5, 5.41) is 23.2. The second kappa shape index (κ2) is 8.65. The van der Waals surface area contributed by atoms with E-state index in [9.17, 15) is 4.79 Å². The van der Waals surface area contributed by atoms with E-state index in [0.717, 1.165) is 18.5 Å². The van der Waals surface area contributed by atoms with Crippen molar-refractivity contribution in [2.45, 2.75) is 44.0 Å². The second-order valence-electron chi connectivity index (χ2n) is 6.36. The standard InChI is InChI=1S/C16H24N6O3S/c1-10(2)22-12(5-6-17-22)13-11(4-3-8-25-13)14(24)18-15-19-16(21-20-15)26-9-7-23/h5-6,10-11,13,23H,3-4,7-9H2,1-2H3,(H2,18,19,20,21,24)/t11-,13-/m1/s1. The van der Waals surface area contributed by atoms with Crippen LogP contribution in [0.5, 0.6) is 0 Å². The van der Waals surface area contributed by atoms with Crippen LogP contribution in [0.1, 0.15) is 44.5 Å². The van der Waals surface area contributed by atoms with Crippen LogP contribution in [0.15, 0.2) is 17.4 Å². The highest BCUT2D eigenvalue weighted by Crippen LogP contribution is 2.35. The fourth-order valence-electron chi connectivity index (χ4n) is 3.04. The van der Waals surface area contributed by atoms with Crippen LogP contribution >= 0.6 is 11.8 Å². The minimum absolute atomic E-state index is 0.0471. The highest BCUT2D eigenvalue weighted by Gasteiger charge is 2.35. The van der Waals surface area contributed by atoms with Gasteiger partial charge < -0.3 is 9.84 Å². The first kappa shape index (κ1) is 18.9. The summed E-state index contributed by atoms with van der Waals surface area (Å²) in [6.45, 7) is 4.77. The normalized spacial score (nSPS) is 20.5. The lowest BCUT2D eigenvalue weighted by molar-refractivity contribution is -0.129. The fourth-order valence-corrected chi connectivity index (χ4v) is 3.58. The van der Waals surface area contributed by atoms with E-state index < -0.39 is 0 Å². The smallest absolute Gasteiger partial charge is 0.232 e. The van der Waals surface area contributed by atoms with Gasteiger partial charge in [-0.05, 0) is 32.8 Å². The van der Waals surface area contributed by atoms with Crippen molar-refractivity contribution in [3.8, 4) is 0 Å². The van der Waals surface area contributed by atoms with Crippen molar-refractivity contribution >= 4 is 23.6 Å². The molecule has 0 saturated carbocycles. The van der Waals surface area contributed by atoms with E-state index in [0.29, 0.717) is 23.5 Å². The Bertz CT molecular complexity index is 731. The van der Waals surface area contributed by atoms with Crippen molar-refractivity contribution in [1.82, 2.24) is 25.0 Å². The van der Waals surface area contributed by atoms with Crippen molar-refractivity contribution in [3.05, 3.63) is 18.0 Å². The first-order valence-corrected chi connectivity index (χ1v) is 9.70. The number of hydrogen-bond acceptors (Lipinski definition) is 7. The Kier molecular flexibility index (Phi) is 6.28. The summed E-state index contributed by atoms with van der Waals surface area (Å²) in [4.78, 5) is 17.0. The monoisotopic (exact) mass is 380 g/mol. The number of nitrogens with one attached hydrogen (secondary N) is 2. The predicted octanol–water partition coefficient (Wildman–Crippen LogP) is 1.77. The number of nitrogens with zero attached hydrogens (tertiary/aromatic N) is 4. The molecule has 2 aromatic rings. The first-order valence-electron chi connectivity index (χ1n) is 8.72. The predicted molar refractivity (Wildman–Crippen MR) is 96.9 cm³/mol. The number of aliphatic hydroxyl groups excluding tert-OH is 1. The number of hydrogen-bond donors (Lipinski definition) is 3. The number of rotatable bonds is 7. The molecule has 0 unspecified atom stereocenters. The molecule has 1 amide bonds. The molecular formula is C16H24N6O3S. The summed E-state index contributed by atoms with van der Waals surface area (Å²) in [5.74, 6) is 0.331. The van der Waals surface area contributed by atoms with Crippen molar-refractivity contribution in [2.24, 2.45) is 5.92 Å². The van der Waals surface area contributed by atoms with Gasteiger partial charge in [0, 0.05) is 24.6 Å². The Labute approximate surface area is 155 Å². The lowest BCUT2D eigenvalue weighted by Crippen LogP contribution is -2.34. The van der Waals surface area contributed by atoms with Gasteiger partial charge in [0.2, 0.25) is 17.0 Å². The summed E-state index contributed by atoms with van der Waals surface area (Å²) in [6.07, 6.45) is 2.97. The summed E-state index contributed by atoms with van der Waals surface area (Å²) < 4.78 is 7.84. The molecule has 0 radical (unpaired) electrons. The maximum Gasteiger partial charge on any atom is 0.232 e. The van der Waals surface area contributed by atoms with Crippen LogP contribution in [0.2, 0.25) is 0 Å². The van der Waals surface area contributed by atoms with E-state index in [1.165, 1.54) is 11.8 Å². The molecule has 2 atom stereocenters. The molecule has 1 aliphatic heterocycles. The average Bonchev–Trinajstić information content (AvgIpc) is 3.29. The molecule has 0 spiro atoms. The van der Waals surface area contributed by atoms with Gasteiger partial charge >= 0.3 is 0 Å². The number of thioether (sulfide) groups is 1. The molecule has 0 aromatic carbocycles. The SMILES string of the molecule is CC(C)n1nccc1[C@@H]1OCCC[C@H]1C(=O)Nc1nc(SCCO)n[nH]1. The quantitative estimate of drug-likeness (QED) is 0.627. The van der Waals surface area contributed by atoms with E-state index in [1.807, 2.05) is 10.7 Å². The molecule has 2 aromatic heterocycles. The molecule has 0 aliphatic carbocycles. The van der Waals surface area contributed by atoms with Gasteiger partial charge in [-0.2, -0.15) is 10.1 Å². The van der Waals surface area contributed by atoms with Crippen molar-refractivity contribution < 1.29 is 14.6 Å². The van der Waals surface area contributed by atoms with Gasteiger partial charge in [-0.1, -0.05) is 11.8 Å². The number of aliphatic hydroxyl groups is 1. The summed E-state index contributed by atoms with van der Waals surface area (Å²) >= 11 is 1.32. The summed E-state index contributed by atoms with van der Waals surface area (Å²) in [7, 11) is 0. The van der Waals surface area contributed by atoms with Gasteiger partial charge in [-0.25, -0.2) is 5.10 Å². The zero-order valence-corrected chi connectivity index (χ0v) is 15.7. The number of carbonyl (C=O) groups excluding carboxylic acids is 1.